The number of amides is 1. The van der Waals surface area contributed by atoms with E-state index in [4.69, 9.17) is 5.11 Å². The van der Waals surface area contributed by atoms with Gasteiger partial charge in [-0.05, 0) is 32.1 Å². The molecule has 4 nitrogen and oxygen atoms in total. The minimum atomic E-state index is -0.890. The molecule has 1 heterocycles. The fourth-order valence-electron chi connectivity index (χ4n) is 1.46. The monoisotopic (exact) mass is 267 g/mol. The topological polar surface area (TPSA) is 57.6 Å². The Kier molecular flexibility index (Phi) is 5.58. The molecule has 0 bridgehead atoms. The highest BCUT2D eigenvalue weighted by Gasteiger charge is 2.09. The summed E-state index contributed by atoms with van der Waals surface area (Å²) >= 11 is 1.62. The lowest BCUT2D eigenvalue weighted by atomic mass is 10.3. The first kappa shape index (κ1) is 14.4. The van der Waals surface area contributed by atoms with Gasteiger partial charge in [0.25, 0.3) is 0 Å². The van der Waals surface area contributed by atoms with Gasteiger partial charge in [0.05, 0.1) is 6.42 Å². The number of carbonyl (C=O) groups is 2. The van der Waals surface area contributed by atoms with Gasteiger partial charge < -0.3 is 10.0 Å². The van der Waals surface area contributed by atoms with Crippen LogP contribution in [0.1, 0.15) is 23.1 Å². The third-order valence-corrected chi connectivity index (χ3v) is 3.41. The van der Waals surface area contributed by atoms with Crippen molar-refractivity contribution >= 4 is 29.3 Å². The Morgan fingerprint density at radius 1 is 1.44 bits per heavy atom. The normalized spacial score (nSPS) is 10.8. The zero-order valence-electron chi connectivity index (χ0n) is 10.5. The van der Waals surface area contributed by atoms with Crippen LogP contribution < -0.4 is 0 Å². The number of carboxylic acids is 1. The molecule has 98 valence electrons. The van der Waals surface area contributed by atoms with Gasteiger partial charge in [0.15, 0.2) is 0 Å². The van der Waals surface area contributed by atoms with Crippen molar-refractivity contribution in [2.75, 3.05) is 13.1 Å². The Labute approximate surface area is 111 Å². The number of aliphatic carboxylic acids is 1. The van der Waals surface area contributed by atoms with Crippen molar-refractivity contribution in [2.24, 2.45) is 0 Å². The molecule has 1 N–H and O–H groups in total. The molecule has 0 aromatic carbocycles. The lowest BCUT2D eigenvalue weighted by molar-refractivity contribution is -0.137. The Balaban J connectivity index is 2.56. The average molecular weight is 267 g/mol. The van der Waals surface area contributed by atoms with Gasteiger partial charge in [-0.25, -0.2) is 0 Å². The molecule has 0 aliphatic heterocycles. The summed E-state index contributed by atoms with van der Waals surface area (Å²) < 4.78 is 0. The SMILES string of the molecule is CCN(CCC(=O)O)C(=O)/C=C/c1ccc(C)s1. The Bertz CT molecular complexity index is 451. The van der Waals surface area contributed by atoms with Crippen molar-refractivity contribution in [2.45, 2.75) is 20.3 Å². The van der Waals surface area contributed by atoms with Crippen molar-refractivity contribution in [1.29, 1.82) is 0 Å². The van der Waals surface area contributed by atoms with Crippen molar-refractivity contribution < 1.29 is 14.7 Å². The molecule has 0 atom stereocenters. The Morgan fingerprint density at radius 3 is 2.67 bits per heavy atom. The molecule has 0 saturated heterocycles. The summed E-state index contributed by atoms with van der Waals surface area (Å²) in [6, 6.07) is 3.95. The largest absolute Gasteiger partial charge is 0.481 e. The lowest BCUT2D eigenvalue weighted by Gasteiger charge is -2.17. The van der Waals surface area contributed by atoms with E-state index < -0.39 is 5.97 Å². The van der Waals surface area contributed by atoms with Crippen LogP contribution in [0.4, 0.5) is 0 Å². The molecule has 0 aliphatic carbocycles. The quantitative estimate of drug-likeness (QED) is 0.805. The molecule has 0 unspecified atom stereocenters. The van der Waals surface area contributed by atoms with Crippen LogP contribution in [0.15, 0.2) is 18.2 Å². The van der Waals surface area contributed by atoms with Gasteiger partial charge in [0.1, 0.15) is 0 Å². The van der Waals surface area contributed by atoms with Crippen molar-refractivity contribution in [3.63, 3.8) is 0 Å². The van der Waals surface area contributed by atoms with Crippen molar-refractivity contribution in [3.8, 4) is 0 Å². The molecule has 0 saturated carbocycles. The van der Waals surface area contributed by atoms with Gasteiger partial charge in [0, 0.05) is 28.9 Å². The van der Waals surface area contributed by atoms with Crippen molar-refractivity contribution in [1.82, 2.24) is 4.90 Å². The van der Waals surface area contributed by atoms with Gasteiger partial charge in [-0.2, -0.15) is 0 Å². The standard InChI is InChI=1S/C13H17NO3S/c1-3-14(9-8-13(16)17)12(15)7-6-11-5-4-10(2)18-11/h4-7H,3,8-9H2,1-2H3,(H,16,17)/b7-6+. The van der Waals surface area contributed by atoms with Crippen LogP contribution in [0.3, 0.4) is 0 Å². The maximum atomic E-state index is 11.8. The predicted octanol–water partition coefficient (Wildman–Crippen LogP) is 2.39. The average Bonchev–Trinajstić information content (AvgIpc) is 2.73. The molecule has 5 heteroatoms. The Hall–Kier alpha value is -1.62. The van der Waals surface area contributed by atoms with Crippen LogP contribution in [0, 0.1) is 6.92 Å². The first-order valence-corrected chi connectivity index (χ1v) is 6.59. The second-order valence-electron chi connectivity index (χ2n) is 3.84. The smallest absolute Gasteiger partial charge is 0.305 e. The maximum Gasteiger partial charge on any atom is 0.305 e. The fourth-order valence-corrected chi connectivity index (χ4v) is 2.24. The van der Waals surface area contributed by atoms with Gasteiger partial charge in [-0.3, -0.25) is 9.59 Å². The zero-order valence-corrected chi connectivity index (χ0v) is 11.4. The van der Waals surface area contributed by atoms with Gasteiger partial charge >= 0.3 is 5.97 Å². The molecular weight excluding hydrogens is 250 g/mol. The van der Waals surface area contributed by atoms with Gasteiger partial charge in [0.2, 0.25) is 5.91 Å². The number of carbonyl (C=O) groups excluding carboxylic acids is 1. The highest BCUT2D eigenvalue weighted by molar-refractivity contribution is 7.12. The lowest BCUT2D eigenvalue weighted by Crippen LogP contribution is -2.31. The third-order valence-electron chi connectivity index (χ3n) is 2.44. The number of hydrogen-bond donors (Lipinski definition) is 1. The van der Waals surface area contributed by atoms with Crippen LogP contribution in [0.2, 0.25) is 0 Å². The van der Waals surface area contributed by atoms with E-state index in [9.17, 15) is 9.59 Å². The predicted molar refractivity (Wildman–Crippen MR) is 72.6 cm³/mol. The van der Waals surface area contributed by atoms with Gasteiger partial charge in [-0.15, -0.1) is 11.3 Å². The molecule has 1 aromatic heterocycles. The van der Waals surface area contributed by atoms with E-state index in [1.807, 2.05) is 26.0 Å². The summed E-state index contributed by atoms with van der Waals surface area (Å²) in [4.78, 5) is 26.0. The molecule has 18 heavy (non-hydrogen) atoms. The molecule has 0 spiro atoms. The molecule has 0 radical (unpaired) electrons. The second-order valence-corrected chi connectivity index (χ2v) is 5.16. The maximum absolute atomic E-state index is 11.8. The molecule has 0 aliphatic rings. The highest BCUT2D eigenvalue weighted by Crippen LogP contribution is 2.16. The van der Waals surface area contributed by atoms with Crippen LogP contribution in [-0.2, 0) is 9.59 Å². The van der Waals surface area contributed by atoms with E-state index >= 15 is 0 Å². The fraction of sp³-hybridized carbons (Fsp3) is 0.385. The summed E-state index contributed by atoms with van der Waals surface area (Å²) in [6.07, 6.45) is 3.24. The van der Waals surface area contributed by atoms with E-state index in [2.05, 4.69) is 0 Å². The summed E-state index contributed by atoms with van der Waals surface area (Å²) in [7, 11) is 0. The van der Waals surface area contributed by atoms with Crippen LogP contribution >= 0.6 is 11.3 Å². The number of aryl methyl sites for hydroxylation is 1. The van der Waals surface area contributed by atoms with E-state index in [1.54, 1.807) is 17.4 Å². The zero-order chi connectivity index (χ0) is 13.5. The first-order chi connectivity index (χ1) is 8.52. The van der Waals surface area contributed by atoms with E-state index in [0.29, 0.717) is 6.54 Å². The molecule has 1 amide bonds. The summed E-state index contributed by atoms with van der Waals surface area (Å²) in [5, 5.41) is 8.60. The number of hydrogen-bond acceptors (Lipinski definition) is 3. The number of thiophene rings is 1. The number of carboxylic acid groups (broad SMARTS) is 1. The number of nitrogens with zero attached hydrogens (tertiary/aromatic N) is 1. The highest BCUT2D eigenvalue weighted by atomic mass is 32.1. The van der Waals surface area contributed by atoms with Crippen molar-refractivity contribution in [3.05, 3.63) is 28.0 Å². The van der Waals surface area contributed by atoms with Crippen LogP contribution in [0.5, 0.6) is 0 Å². The number of likely N-dealkylation sites (N-methyl/N-ethyl adjacent to an activating group) is 1. The van der Waals surface area contributed by atoms with E-state index in [0.717, 1.165) is 4.88 Å². The Morgan fingerprint density at radius 2 is 2.17 bits per heavy atom. The van der Waals surface area contributed by atoms with E-state index in [1.165, 1.54) is 15.9 Å². The second kappa shape index (κ2) is 6.96. The minimum Gasteiger partial charge on any atom is -0.481 e. The van der Waals surface area contributed by atoms with Crippen LogP contribution in [-0.4, -0.2) is 35.0 Å². The van der Waals surface area contributed by atoms with Crippen LogP contribution in [0.25, 0.3) is 6.08 Å². The first-order valence-electron chi connectivity index (χ1n) is 5.78. The van der Waals surface area contributed by atoms with Gasteiger partial charge in [-0.1, -0.05) is 0 Å². The molecule has 0 fully saturated rings. The molecule has 1 rings (SSSR count). The minimum absolute atomic E-state index is 0.0223. The molecular formula is C13H17NO3S. The summed E-state index contributed by atoms with van der Waals surface area (Å²) in [5.41, 5.74) is 0. The molecule has 1 aromatic rings. The third kappa shape index (κ3) is 4.71. The van der Waals surface area contributed by atoms with E-state index in [-0.39, 0.29) is 18.9 Å². The number of rotatable bonds is 6. The summed E-state index contributed by atoms with van der Waals surface area (Å²) in [6.45, 7) is 4.61. The summed E-state index contributed by atoms with van der Waals surface area (Å²) in [5.74, 6) is -1.04.